The Labute approximate surface area is 85.1 Å². The van der Waals surface area contributed by atoms with E-state index in [-0.39, 0.29) is 12.4 Å². The number of hydrogen-bond donors (Lipinski definition) is 1. The number of aliphatic hydroxyl groups excluding tert-OH is 1. The van der Waals surface area contributed by atoms with Crippen LogP contribution in [0.25, 0.3) is 0 Å². The average Bonchev–Trinajstić information content (AvgIpc) is 2.21. The molecule has 0 radical (unpaired) electrons. The Morgan fingerprint density at radius 2 is 2.21 bits per heavy atom. The van der Waals surface area contributed by atoms with E-state index in [2.05, 4.69) is 6.58 Å². The van der Waals surface area contributed by atoms with Crippen molar-refractivity contribution in [2.24, 2.45) is 0 Å². The molecule has 0 aromatic heterocycles. The topological polar surface area (TPSA) is 46.5 Å². The van der Waals surface area contributed by atoms with Crippen LogP contribution < -0.4 is 0 Å². The zero-order valence-corrected chi connectivity index (χ0v) is 8.88. The SMILES string of the molecule is C=CCOC(=O)C(C)=C(O)CCCC. The Balaban J connectivity index is 4.17. The lowest BCUT2D eigenvalue weighted by molar-refractivity contribution is -0.138. The Morgan fingerprint density at radius 1 is 1.57 bits per heavy atom. The van der Waals surface area contributed by atoms with Crippen LogP contribution in [0.2, 0.25) is 0 Å². The van der Waals surface area contributed by atoms with E-state index < -0.39 is 5.97 Å². The molecule has 0 spiro atoms. The minimum atomic E-state index is -0.474. The molecular weight excluding hydrogens is 180 g/mol. The molecule has 0 aliphatic rings. The summed E-state index contributed by atoms with van der Waals surface area (Å²) >= 11 is 0. The second-order valence-corrected chi connectivity index (χ2v) is 3.06. The zero-order valence-electron chi connectivity index (χ0n) is 8.88. The second kappa shape index (κ2) is 7.18. The molecule has 0 saturated heterocycles. The highest BCUT2D eigenvalue weighted by Crippen LogP contribution is 2.10. The summed E-state index contributed by atoms with van der Waals surface area (Å²) in [4.78, 5) is 11.2. The van der Waals surface area contributed by atoms with Crippen molar-refractivity contribution in [1.82, 2.24) is 0 Å². The summed E-state index contributed by atoms with van der Waals surface area (Å²) < 4.78 is 4.78. The van der Waals surface area contributed by atoms with Crippen LogP contribution in [0.15, 0.2) is 24.0 Å². The first kappa shape index (κ1) is 12.8. The Kier molecular flexibility index (Phi) is 6.54. The van der Waals surface area contributed by atoms with Gasteiger partial charge in [0.25, 0.3) is 0 Å². The number of rotatable bonds is 6. The van der Waals surface area contributed by atoms with Gasteiger partial charge in [-0.25, -0.2) is 4.79 Å². The van der Waals surface area contributed by atoms with Gasteiger partial charge in [-0.2, -0.15) is 0 Å². The van der Waals surface area contributed by atoms with E-state index in [1.54, 1.807) is 6.92 Å². The van der Waals surface area contributed by atoms with Crippen LogP contribution in [-0.2, 0) is 9.53 Å². The van der Waals surface area contributed by atoms with Gasteiger partial charge in [0, 0.05) is 6.42 Å². The number of allylic oxidation sites excluding steroid dienone is 1. The quantitative estimate of drug-likeness (QED) is 0.309. The van der Waals surface area contributed by atoms with Crippen LogP contribution in [0, 0.1) is 0 Å². The van der Waals surface area contributed by atoms with Gasteiger partial charge in [-0.1, -0.05) is 26.0 Å². The summed E-state index contributed by atoms with van der Waals surface area (Å²) in [5, 5.41) is 9.47. The molecule has 0 amide bonds. The number of aliphatic hydroxyl groups is 1. The van der Waals surface area contributed by atoms with E-state index in [9.17, 15) is 9.90 Å². The van der Waals surface area contributed by atoms with Crippen molar-refractivity contribution >= 4 is 5.97 Å². The first-order chi connectivity index (χ1) is 6.63. The molecule has 3 heteroatoms. The van der Waals surface area contributed by atoms with Crippen molar-refractivity contribution < 1.29 is 14.6 Å². The molecule has 0 saturated carbocycles. The molecule has 0 heterocycles. The van der Waals surface area contributed by atoms with E-state index in [4.69, 9.17) is 4.74 Å². The molecular formula is C11H18O3. The summed E-state index contributed by atoms with van der Waals surface area (Å²) in [7, 11) is 0. The average molecular weight is 198 g/mol. The summed E-state index contributed by atoms with van der Waals surface area (Å²) in [6.07, 6.45) is 3.89. The lowest BCUT2D eigenvalue weighted by Gasteiger charge is -2.05. The van der Waals surface area contributed by atoms with Gasteiger partial charge in [0.15, 0.2) is 0 Å². The van der Waals surface area contributed by atoms with Crippen LogP contribution in [0.1, 0.15) is 33.1 Å². The maximum atomic E-state index is 11.2. The number of unbranched alkanes of at least 4 members (excludes halogenated alkanes) is 1. The molecule has 0 rings (SSSR count). The van der Waals surface area contributed by atoms with Crippen molar-refractivity contribution in [3.8, 4) is 0 Å². The van der Waals surface area contributed by atoms with Crippen LogP contribution >= 0.6 is 0 Å². The van der Waals surface area contributed by atoms with Gasteiger partial charge in [0.05, 0.1) is 5.57 Å². The van der Waals surface area contributed by atoms with Gasteiger partial charge in [-0.05, 0) is 13.3 Å². The Bertz CT molecular complexity index is 229. The number of carbonyl (C=O) groups is 1. The summed E-state index contributed by atoms with van der Waals surface area (Å²) in [5.74, 6) is -0.348. The fraction of sp³-hybridized carbons (Fsp3) is 0.545. The molecule has 0 atom stereocenters. The zero-order chi connectivity index (χ0) is 11.0. The predicted octanol–water partition coefficient (Wildman–Crippen LogP) is 2.74. The molecule has 0 aromatic rings. The standard InChI is InChI=1S/C11H18O3/c1-4-6-7-10(12)9(3)11(13)14-8-5-2/h5,12H,2,4,6-8H2,1,3H3. The minimum Gasteiger partial charge on any atom is -0.512 e. The minimum absolute atomic E-state index is 0.126. The Morgan fingerprint density at radius 3 is 2.71 bits per heavy atom. The van der Waals surface area contributed by atoms with E-state index in [1.807, 2.05) is 6.92 Å². The number of hydrogen-bond acceptors (Lipinski definition) is 3. The maximum Gasteiger partial charge on any atom is 0.337 e. The summed E-state index contributed by atoms with van der Waals surface area (Å²) in [6, 6.07) is 0. The maximum absolute atomic E-state index is 11.2. The first-order valence-electron chi connectivity index (χ1n) is 4.80. The van der Waals surface area contributed by atoms with Gasteiger partial charge < -0.3 is 9.84 Å². The van der Waals surface area contributed by atoms with Gasteiger partial charge in [0.1, 0.15) is 12.4 Å². The van der Waals surface area contributed by atoms with Gasteiger partial charge in [-0.15, -0.1) is 0 Å². The molecule has 0 fully saturated rings. The molecule has 80 valence electrons. The third kappa shape index (κ3) is 4.70. The monoisotopic (exact) mass is 198 g/mol. The highest BCUT2D eigenvalue weighted by molar-refractivity contribution is 5.88. The molecule has 14 heavy (non-hydrogen) atoms. The number of carbonyl (C=O) groups excluding carboxylic acids is 1. The van der Waals surface area contributed by atoms with Crippen molar-refractivity contribution in [2.45, 2.75) is 33.1 Å². The fourth-order valence-electron chi connectivity index (χ4n) is 0.892. The van der Waals surface area contributed by atoms with Crippen molar-refractivity contribution in [1.29, 1.82) is 0 Å². The van der Waals surface area contributed by atoms with Gasteiger partial charge in [0.2, 0.25) is 0 Å². The van der Waals surface area contributed by atoms with Crippen LogP contribution in [-0.4, -0.2) is 17.7 Å². The van der Waals surface area contributed by atoms with Crippen molar-refractivity contribution in [3.05, 3.63) is 24.0 Å². The molecule has 0 unspecified atom stereocenters. The predicted molar refractivity (Wildman–Crippen MR) is 56.0 cm³/mol. The van der Waals surface area contributed by atoms with Crippen molar-refractivity contribution in [3.63, 3.8) is 0 Å². The molecule has 0 aromatic carbocycles. The smallest absolute Gasteiger partial charge is 0.337 e. The largest absolute Gasteiger partial charge is 0.512 e. The summed E-state index contributed by atoms with van der Waals surface area (Å²) in [6.45, 7) is 7.20. The molecule has 0 bridgehead atoms. The van der Waals surface area contributed by atoms with Crippen LogP contribution in [0.3, 0.4) is 0 Å². The first-order valence-corrected chi connectivity index (χ1v) is 4.80. The van der Waals surface area contributed by atoms with Gasteiger partial charge >= 0.3 is 5.97 Å². The summed E-state index contributed by atoms with van der Waals surface area (Å²) in [5.41, 5.74) is 0.292. The van der Waals surface area contributed by atoms with E-state index in [0.717, 1.165) is 12.8 Å². The van der Waals surface area contributed by atoms with Crippen LogP contribution in [0.4, 0.5) is 0 Å². The highest BCUT2D eigenvalue weighted by atomic mass is 16.5. The fourth-order valence-corrected chi connectivity index (χ4v) is 0.892. The lowest BCUT2D eigenvalue weighted by Crippen LogP contribution is -2.08. The number of ether oxygens (including phenoxy) is 1. The van der Waals surface area contributed by atoms with Crippen molar-refractivity contribution in [2.75, 3.05) is 6.61 Å². The van der Waals surface area contributed by atoms with Gasteiger partial charge in [-0.3, -0.25) is 0 Å². The Hall–Kier alpha value is -1.25. The number of esters is 1. The normalized spacial score (nSPS) is 11.9. The van der Waals surface area contributed by atoms with E-state index >= 15 is 0 Å². The molecule has 1 N–H and O–H groups in total. The third-order valence-electron chi connectivity index (χ3n) is 1.84. The molecule has 0 aliphatic heterocycles. The van der Waals surface area contributed by atoms with E-state index in [0.29, 0.717) is 12.0 Å². The highest BCUT2D eigenvalue weighted by Gasteiger charge is 2.10. The van der Waals surface area contributed by atoms with E-state index in [1.165, 1.54) is 6.08 Å². The molecule has 3 nitrogen and oxygen atoms in total. The lowest BCUT2D eigenvalue weighted by atomic mass is 10.1. The second-order valence-electron chi connectivity index (χ2n) is 3.06. The van der Waals surface area contributed by atoms with Crippen LogP contribution in [0.5, 0.6) is 0 Å². The third-order valence-corrected chi connectivity index (χ3v) is 1.84. The molecule has 0 aliphatic carbocycles.